The van der Waals surface area contributed by atoms with Crippen molar-refractivity contribution >= 4 is 55.0 Å². The first-order valence-corrected chi connectivity index (χ1v) is 10.5. The molecule has 172 valence electrons. The van der Waals surface area contributed by atoms with Gasteiger partial charge in [0.15, 0.2) is 22.7 Å². The largest absolute Gasteiger partial charge is 2.00 e. The fourth-order valence-corrected chi connectivity index (χ4v) is 3.55. The number of nitrogens with zero attached hydrogens (tertiary/aromatic N) is 2. The molecule has 2 N–H and O–H groups in total. The molecule has 9 heteroatoms. The van der Waals surface area contributed by atoms with E-state index in [0.29, 0.717) is 34.1 Å². The number of hydrogen-bond donors (Lipinski definition) is 2. The molecule has 4 aromatic rings. The van der Waals surface area contributed by atoms with Crippen LogP contribution in [0.1, 0.15) is 27.5 Å². The van der Waals surface area contributed by atoms with Crippen LogP contribution in [-0.4, -0.2) is 41.9 Å². The van der Waals surface area contributed by atoms with Gasteiger partial charge < -0.3 is 21.9 Å². The number of aromatic nitrogens is 2. The van der Waals surface area contributed by atoms with Gasteiger partial charge in [-0.1, -0.05) is 24.3 Å². The molecule has 0 atom stereocenters. The summed E-state index contributed by atoms with van der Waals surface area (Å²) in [5.74, 6) is 0.442. The second-order valence-electron chi connectivity index (χ2n) is 7.65. The van der Waals surface area contributed by atoms with Crippen molar-refractivity contribution in [2.75, 3.05) is 0 Å². The van der Waals surface area contributed by atoms with Crippen LogP contribution in [0.15, 0.2) is 93.2 Å². The van der Waals surface area contributed by atoms with E-state index in [1.54, 1.807) is 12.1 Å². The third-order valence-corrected chi connectivity index (χ3v) is 5.23. The summed E-state index contributed by atoms with van der Waals surface area (Å²) >= 11 is 0. The normalized spacial score (nSPS) is 15.4. The van der Waals surface area contributed by atoms with E-state index < -0.39 is 0 Å². The first-order valence-electron chi connectivity index (χ1n) is 10.5. The zero-order chi connectivity index (χ0) is 23.7. The number of hydrogen-bond acceptors (Lipinski definition) is 8. The predicted molar refractivity (Wildman–Crippen MR) is 133 cm³/mol. The number of fused-ring (bicyclic) bond motifs is 2. The van der Waals surface area contributed by atoms with E-state index in [1.165, 1.54) is 24.3 Å². The minimum Gasteiger partial charge on any atom is -1.00 e. The van der Waals surface area contributed by atoms with Crippen LogP contribution in [0.25, 0.3) is 33.3 Å². The van der Waals surface area contributed by atoms with Gasteiger partial charge in [0.05, 0.1) is 24.0 Å². The number of benzene rings is 2. The molecule has 2 aliphatic carbocycles. The van der Waals surface area contributed by atoms with Crippen LogP contribution in [0.4, 0.5) is 0 Å². The van der Waals surface area contributed by atoms with Crippen LogP contribution in [0.3, 0.4) is 0 Å². The van der Waals surface area contributed by atoms with Crippen LogP contribution >= 0.6 is 0 Å². The summed E-state index contributed by atoms with van der Waals surface area (Å²) in [4.78, 5) is 30.7. The Morgan fingerprint density at radius 2 is 1.06 bits per heavy atom. The van der Waals surface area contributed by atoms with Crippen molar-refractivity contribution in [1.82, 2.24) is 9.97 Å². The number of rotatable bonds is 2. The average molecular weight is 465 g/mol. The number of para-hydroxylation sites is 4. The van der Waals surface area contributed by atoms with Gasteiger partial charge in [-0.25, -0.2) is 9.97 Å². The van der Waals surface area contributed by atoms with E-state index in [9.17, 15) is 19.8 Å². The van der Waals surface area contributed by atoms with E-state index in [4.69, 9.17) is 8.83 Å². The Bertz CT molecular complexity index is 1400. The molecule has 0 fully saturated rings. The molecule has 2 heterocycles. The summed E-state index contributed by atoms with van der Waals surface area (Å²) in [5.41, 5.74) is 3.73. The molecule has 2 aliphatic rings. The molecule has 0 aliphatic heterocycles. The van der Waals surface area contributed by atoms with Crippen LogP contribution in [0.5, 0.6) is 0 Å². The summed E-state index contributed by atoms with van der Waals surface area (Å²) in [6.07, 6.45) is 5.92. The molecule has 0 saturated heterocycles. The maximum absolute atomic E-state index is 11.1. The molecule has 0 bridgehead atoms. The molecule has 0 radical (unpaired) electrons. The fraction of sp³-hybridized carbons (Fsp3) is 0.0769. The van der Waals surface area contributed by atoms with Crippen LogP contribution in [-0.2, 0) is 9.59 Å². The quantitative estimate of drug-likeness (QED) is 0.392. The predicted octanol–water partition coefficient (Wildman–Crippen LogP) is 5.10. The van der Waals surface area contributed by atoms with Gasteiger partial charge >= 0.3 is 10.1 Å². The number of aliphatic hydroxyl groups excluding tert-OH is 2. The van der Waals surface area contributed by atoms with E-state index in [0.717, 1.165) is 11.0 Å². The number of allylic oxidation sites excluding steroid dienone is 8. The molecule has 0 amide bonds. The Kier molecular flexibility index (Phi) is 6.57. The Hall–Kier alpha value is -4.55. The summed E-state index contributed by atoms with van der Waals surface area (Å²) in [7, 11) is 0. The van der Waals surface area contributed by atoms with Crippen molar-refractivity contribution < 1.29 is 31.5 Å². The fourth-order valence-electron chi connectivity index (χ4n) is 3.55. The van der Waals surface area contributed by atoms with Crippen LogP contribution < -0.4 is 0 Å². The monoisotopic (exact) mass is 465 g/mol. The van der Waals surface area contributed by atoms with Crippen molar-refractivity contribution in [2.24, 2.45) is 0 Å². The van der Waals surface area contributed by atoms with E-state index in [2.05, 4.69) is 9.97 Å². The second kappa shape index (κ2) is 9.75. The van der Waals surface area contributed by atoms with Gasteiger partial charge in [0, 0.05) is 0 Å². The summed E-state index contributed by atoms with van der Waals surface area (Å²) in [6.45, 7) is 0. The molecule has 0 saturated carbocycles. The van der Waals surface area contributed by atoms with Crippen molar-refractivity contribution in [3.63, 3.8) is 0 Å². The zero-order valence-corrected chi connectivity index (χ0v) is 18.5. The van der Waals surface area contributed by atoms with E-state index in [-0.39, 0.29) is 48.9 Å². The van der Waals surface area contributed by atoms with E-state index in [1.807, 2.05) is 36.4 Å². The number of carbonyl (C=O) groups excluding carboxylic acids is 2. The average Bonchev–Trinajstić information content (AvgIpc) is 3.43. The third-order valence-electron chi connectivity index (χ3n) is 5.23. The zero-order valence-electron chi connectivity index (χ0n) is 20.5. The number of carbonyl (C=O) groups is 2. The second-order valence-corrected chi connectivity index (χ2v) is 7.65. The van der Waals surface area contributed by atoms with Crippen molar-refractivity contribution in [2.45, 2.75) is 12.8 Å². The molecule has 2 aromatic carbocycles. The van der Waals surface area contributed by atoms with Gasteiger partial charge in [0.1, 0.15) is 22.6 Å². The molecule has 8 nitrogen and oxygen atoms in total. The van der Waals surface area contributed by atoms with Gasteiger partial charge in [0.25, 0.3) is 0 Å². The third kappa shape index (κ3) is 4.88. The summed E-state index contributed by atoms with van der Waals surface area (Å²) < 4.78 is 11.0. The van der Waals surface area contributed by atoms with Gasteiger partial charge in [0.2, 0.25) is 11.8 Å². The minimum absolute atomic E-state index is 0. The SMILES string of the molecule is O=C1C=CC(c2nc3ccccc3o2)=C(O)C1.O=C1C=CC(c2nc3ccccc3o2)=C(O)C1.[Be+2].[H-].[H-]. The first-order chi connectivity index (χ1) is 16.5. The van der Waals surface area contributed by atoms with Gasteiger partial charge in [-0.3, -0.25) is 9.59 Å². The maximum atomic E-state index is 11.1. The molecule has 0 spiro atoms. The molecule has 35 heavy (non-hydrogen) atoms. The minimum atomic E-state index is -0.123. The van der Waals surface area contributed by atoms with Crippen LogP contribution in [0, 0.1) is 0 Å². The van der Waals surface area contributed by atoms with Crippen molar-refractivity contribution in [3.8, 4) is 0 Å². The van der Waals surface area contributed by atoms with Crippen molar-refractivity contribution in [3.05, 3.63) is 96.1 Å². The number of aliphatic hydroxyl groups is 2. The first kappa shape index (κ1) is 23.6. The Balaban J connectivity index is 0.000000241. The molecular formula is C26H20BeN2O6. The Morgan fingerprint density at radius 1 is 0.657 bits per heavy atom. The standard InChI is InChI=1S/2C13H9NO3.Be.2H/c2*15-8-5-6-9(11(16)7-8)13-14-10-3-1-2-4-12(10)17-13;;;/h2*1-6,16H,7H2;;;/q;;+2;2*-1. The van der Waals surface area contributed by atoms with E-state index >= 15 is 0 Å². The Labute approximate surface area is 205 Å². The summed E-state index contributed by atoms with van der Waals surface area (Å²) in [6, 6.07) is 14.7. The van der Waals surface area contributed by atoms with Crippen molar-refractivity contribution in [1.29, 1.82) is 0 Å². The number of ketones is 2. The topological polar surface area (TPSA) is 127 Å². The maximum Gasteiger partial charge on any atom is 2.00 e. The molecule has 2 aromatic heterocycles. The van der Waals surface area contributed by atoms with Crippen LogP contribution in [0.2, 0.25) is 0 Å². The Morgan fingerprint density at radius 3 is 1.43 bits per heavy atom. The van der Waals surface area contributed by atoms with Gasteiger partial charge in [-0.05, 0) is 48.6 Å². The van der Waals surface area contributed by atoms with Gasteiger partial charge in [-0.15, -0.1) is 0 Å². The smallest absolute Gasteiger partial charge is 1.00 e. The molecular weight excluding hydrogens is 445 g/mol. The molecule has 6 rings (SSSR count). The number of oxazole rings is 2. The van der Waals surface area contributed by atoms with Gasteiger partial charge in [-0.2, -0.15) is 0 Å². The summed E-state index contributed by atoms with van der Waals surface area (Å²) in [5, 5.41) is 19.5. The molecule has 0 unspecified atom stereocenters.